The highest BCUT2D eigenvalue weighted by Crippen LogP contribution is 1.92. The largest absolute Gasteiger partial charge is 0.385 e. The van der Waals surface area contributed by atoms with Crippen LogP contribution in [-0.2, 0) is 14.8 Å². The van der Waals surface area contributed by atoms with Crippen molar-refractivity contribution in [3.63, 3.8) is 0 Å². The summed E-state index contributed by atoms with van der Waals surface area (Å²) in [5.74, 6) is 0.199. The number of sulfonamides is 1. The number of nitrogens with one attached hydrogen (secondary N) is 2. The van der Waals surface area contributed by atoms with Crippen LogP contribution in [0.3, 0.4) is 0 Å². The predicted octanol–water partition coefficient (Wildman–Crippen LogP) is 0.332. The zero-order chi connectivity index (χ0) is 12.3. The molecule has 2 N–H and O–H groups in total. The van der Waals surface area contributed by atoms with Gasteiger partial charge in [-0.3, -0.25) is 0 Å². The third-order valence-electron chi connectivity index (χ3n) is 2.11. The van der Waals surface area contributed by atoms with Crippen LogP contribution in [0.25, 0.3) is 0 Å². The molecule has 6 heteroatoms. The average molecular weight is 252 g/mol. The summed E-state index contributed by atoms with van der Waals surface area (Å²) in [7, 11) is -1.44. The van der Waals surface area contributed by atoms with Crippen molar-refractivity contribution in [3.8, 4) is 0 Å². The molecule has 0 aromatic rings. The summed E-state index contributed by atoms with van der Waals surface area (Å²) >= 11 is 0. The fraction of sp³-hybridized carbons (Fsp3) is 1.00. The van der Waals surface area contributed by atoms with E-state index in [4.69, 9.17) is 4.74 Å². The highest BCUT2D eigenvalue weighted by molar-refractivity contribution is 7.89. The van der Waals surface area contributed by atoms with Crippen molar-refractivity contribution in [2.45, 2.75) is 26.2 Å². The second-order valence-electron chi connectivity index (χ2n) is 3.62. The Morgan fingerprint density at radius 2 is 1.88 bits per heavy atom. The molecule has 0 fully saturated rings. The van der Waals surface area contributed by atoms with Gasteiger partial charge >= 0.3 is 0 Å². The predicted molar refractivity (Wildman–Crippen MR) is 66.1 cm³/mol. The van der Waals surface area contributed by atoms with Crippen molar-refractivity contribution in [1.29, 1.82) is 0 Å². The van der Waals surface area contributed by atoms with Gasteiger partial charge in [-0.1, -0.05) is 6.92 Å². The summed E-state index contributed by atoms with van der Waals surface area (Å²) in [5.41, 5.74) is 0. The van der Waals surface area contributed by atoms with Crippen LogP contribution in [0.5, 0.6) is 0 Å². The molecule has 0 aromatic carbocycles. The van der Waals surface area contributed by atoms with Crippen LogP contribution in [0.1, 0.15) is 26.2 Å². The van der Waals surface area contributed by atoms with Crippen LogP contribution in [0.2, 0.25) is 0 Å². The molecule has 0 aromatic heterocycles. The number of methoxy groups -OCH3 is 1. The number of ether oxygens (including phenoxy) is 1. The van der Waals surface area contributed by atoms with Crippen molar-refractivity contribution in [3.05, 3.63) is 0 Å². The van der Waals surface area contributed by atoms with Crippen LogP contribution in [0.4, 0.5) is 0 Å². The van der Waals surface area contributed by atoms with E-state index < -0.39 is 10.0 Å². The summed E-state index contributed by atoms with van der Waals surface area (Å²) < 4.78 is 30.4. The Hall–Kier alpha value is -0.170. The molecule has 0 unspecified atom stereocenters. The molecule has 0 bridgehead atoms. The van der Waals surface area contributed by atoms with Gasteiger partial charge in [0.25, 0.3) is 0 Å². The molecular weight excluding hydrogens is 228 g/mol. The fourth-order valence-corrected chi connectivity index (χ4v) is 2.36. The summed E-state index contributed by atoms with van der Waals surface area (Å²) in [6.07, 6.45) is 2.36. The Bertz CT molecular complexity index is 242. The topological polar surface area (TPSA) is 67.4 Å². The monoisotopic (exact) mass is 252 g/mol. The van der Waals surface area contributed by atoms with Gasteiger partial charge in [0, 0.05) is 20.3 Å². The first-order chi connectivity index (χ1) is 7.62. The average Bonchev–Trinajstić information content (AvgIpc) is 2.24. The lowest BCUT2D eigenvalue weighted by Gasteiger charge is -2.06. The second kappa shape index (κ2) is 10.0. The molecule has 0 spiro atoms. The molecule has 0 aliphatic carbocycles. The summed E-state index contributed by atoms with van der Waals surface area (Å²) in [6.45, 7) is 4.82. The summed E-state index contributed by atoms with van der Waals surface area (Å²) in [5, 5.41) is 3.10. The molecule has 98 valence electrons. The van der Waals surface area contributed by atoms with Crippen molar-refractivity contribution >= 4 is 10.0 Å². The SMILES string of the molecule is CCNCCCS(=O)(=O)NCCCCOC. The van der Waals surface area contributed by atoms with Gasteiger partial charge in [0.15, 0.2) is 0 Å². The van der Waals surface area contributed by atoms with E-state index in [0.29, 0.717) is 19.6 Å². The van der Waals surface area contributed by atoms with E-state index in [0.717, 1.165) is 25.9 Å². The molecule has 0 rings (SSSR count). The van der Waals surface area contributed by atoms with Gasteiger partial charge in [0.05, 0.1) is 5.75 Å². The second-order valence-corrected chi connectivity index (χ2v) is 5.55. The van der Waals surface area contributed by atoms with Gasteiger partial charge < -0.3 is 10.1 Å². The number of hydrogen-bond donors (Lipinski definition) is 2. The molecule has 16 heavy (non-hydrogen) atoms. The first-order valence-corrected chi connectivity index (χ1v) is 7.44. The Labute approximate surface area is 99.0 Å². The highest BCUT2D eigenvalue weighted by atomic mass is 32.2. The zero-order valence-electron chi connectivity index (χ0n) is 10.3. The van der Waals surface area contributed by atoms with Crippen LogP contribution in [0, 0.1) is 0 Å². The lowest BCUT2D eigenvalue weighted by Crippen LogP contribution is -2.29. The van der Waals surface area contributed by atoms with Crippen LogP contribution in [0.15, 0.2) is 0 Å². The Kier molecular flexibility index (Phi) is 9.91. The van der Waals surface area contributed by atoms with Crippen LogP contribution < -0.4 is 10.0 Å². The third-order valence-corrected chi connectivity index (χ3v) is 3.58. The Morgan fingerprint density at radius 3 is 2.50 bits per heavy atom. The first-order valence-electron chi connectivity index (χ1n) is 5.79. The van der Waals surface area contributed by atoms with Gasteiger partial charge in [0.1, 0.15) is 0 Å². The van der Waals surface area contributed by atoms with E-state index in [9.17, 15) is 8.42 Å². The van der Waals surface area contributed by atoms with E-state index in [1.807, 2.05) is 6.92 Å². The van der Waals surface area contributed by atoms with E-state index in [1.165, 1.54) is 0 Å². The smallest absolute Gasteiger partial charge is 0.211 e. The lowest BCUT2D eigenvalue weighted by molar-refractivity contribution is 0.193. The van der Waals surface area contributed by atoms with Crippen LogP contribution in [-0.4, -0.2) is 47.5 Å². The number of hydrogen-bond acceptors (Lipinski definition) is 4. The molecule has 0 heterocycles. The van der Waals surface area contributed by atoms with Gasteiger partial charge in [-0.2, -0.15) is 0 Å². The van der Waals surface area contributed by atoms with Crippen molar-refractivity contribution in [2.75, 3.05) is 39.1 Å². The zero-order valence-corrected chi connectivity index (χ0v) is 11.1. The van der Waals surface area contributed by atoms with Gasteiger partial charge in [0.2, 0.25) is 10.0 Å². The third kappa shape index (κ3) is 10.4. The van der Waals surface area contributed by atoms with Crippen LogP contribution >= 0.6 is 0 Å². The van der Waals surface area contributed by atoms with Crippen molar-refractivity contribution in [2.24, 2.45) is 0 Å². The lowest BCUT2D eigenvalue weighted by atomic mass is 10.3. The van der Waals surface area contributed by atoms with Gasteiger partial charge in [-0.05, 0) is 32.4 Å². The summed E-state index contributed by atoms with van der Waals surface area (Å²) in [4.78, 5) is 0. The molecule has 0 aliphatic heterocycles. The van der Waals surface area contributed by atoms with Gasteiger partial charge in [-0.25, -0.2) is 13.1 Å². The van der Waals surface area contributed by atoms with E-state index >= 15 is 0 Å². The Balaban J connectivity index is 3.47. The van der Waals surface area contributed by atoms with Crippen molar-refractivity contribution in [1.82, 2.24) is 10.0 Å². The first kappa shape index (κ1) is 15.8. The van der Waals surface area contributed by atoms with E-state index in [2.05, 4.69) is 10.0 Å². The molecule has 0 radical (unpaired) electrons. The maximum Gasteiger partial charge on any atom is 0.211 e. The summed E-state index contributed by atoms with van der Waals surface area (Å²) in [6, 6.07) is 0. The minimum atomic E-state index is -3.08. The maximum absolute atomic E-state index is 11.5. The molecular formula is C10H24N2O3S. The van der Waals surface area contributed by atoms with E-state index in [-0.39, 0.29) is 5.75 Å². The molecule has 5 nitrogen and oxygen atoms in total. The minimum absolute atomic E-state index is 0.199. The normalized spacial score (nSPS) is 11.9. The highest BCUT2D eigenvalue weighted by Gasteiger charge is 2.07. The molecule has 0 saturated heterocycles. The fourth-order valence-electron chi connectivity index (χ4n) is 1.24. The Morgan fingerprint density at radius 1 is 1.12 bits per heavy atom. The molecule has 0 amide bonds. The number of unbranched alkanes of at least 4 members (excludes halogenated alkanes) is 1. The standard InChI is InChI=1S/C10H24N2O3S/c1-3-11-7-6-10-16(13,14)12-8-4-5-9-15-2/h11-12H,3-10H2,1-2H3. The molecule has 0 saturated carbocycles. The minimum Gasteiger partial charge on any atom is -0.385 e. The number of rotatable bonds is 11. The van der Waals surface area contributed by atoms with Gasteiger partial charge in [-0.15, -0.1) is 0 Å². The molecule has 0 aliphatic rings. The van der Waals surface area contributed by atoms with E-state index in [1.54, 1.807) is 7.11 Å². The molecule has 0 atom stereocenters. The maximum atomic E-state index is 11.5. The van der Waals surface area contributed by atoms with Crippen molar-refractivity contribution < 1.29 is 13.2 Å². The quantitative estimate of drug-likeness (QED) is 0.520.